The van der Waals surface area contributed by atoms with Crippen LogP contribution in [0.25, 0.3) is 12.2 Å². The molecule has 0 aliphatic heterocycles. The number of rotatable bonds is 8. The molecule has 25 heavy (non-hydrogen) atoms. The van der Waals surface area contributed by atoms with E-state index in [1.165, 1.54) is 5.56 Å². The third kappa shape index (κ3) is 6.73. The van der Waals surface area contributed by atoms with Gasteiger partial charge < -0.3 is 15.3 Å². The molecular weight excluding hydrogens is 312 g/mol. The van der Waals surface area contributed by atoms with Crippen molar-refractivity contribution in [3.8, 4) is 5.75 Å². The summed E-state index contributed by atoms with van der Waals surface area (Å²) in [5.41, 5.74) is 3.26. The molecule has 2 aromatic rings. The van der Waals surface area contributed by atoms with Crippen LogP contribution in [0.1, 0.15) is 55.4 Å². The van der Waals surface area contributed by atoms with Crippen molar-refractivity contribution in [1.82, 2.24) is 0 Å². The summed E-state index contributed by atoms with van der Waals surface area (Å²) in [5.74, 6) is 0.117. The maximum atomic E-state index is 9.77. The molecule has 0 bridgehead atoms. The third-order valence-corrected chi connectivity index (χ3v) is 4.23. The minimum absolute atomic E-state index is 0.117. The van der Waals surface area contributed by atoms with E-state index in [0.29, 0.717) is 5.56 Å². The first-order valence-electron chi connectivity index (χ1n) is 8.79. The predicted molar refractivity (Wildman–Crippen MR) is 103 cm³/mol. The van der Waals surface area contributed by atoms with Crippen molar-refractivity contribution in [2.75, 3.05) is 0 Å². The van der Waals surface area contributed by atoms with Crippen molar-refractivity contribution in [2.45, 2.75) is 51.7 Å². The van der Waals surface area contributed by atoms with Crippen LogP contribution in [0.15, 0.2) is 42.5 Å². The lowest BCUT2D eigenvalue weighted by Crippen LogP contribution is -2.17. The normalized spacial score (nSPS) is 12.0. The number of unbranched alkanes of at least 4 members (excludes halogenated alkanes) is 1. The first-order chi connectivity index (χ1) is 11.9. The monoisotopic (exact) mass is 340 g/mol. The molecule has 0 aliphatic rings. The zero-order valence-corrected chi connectivity index (χ0v) is 15.1. The predicted octanol–water partition coefficient (Wildman–Crippen LogP) is 4.54. The van der Waals surface area contributed by atoms with Gasteiger partial charge >= 0.3 is 0 Å². The summed E-state index contributed by atoms with van der Waals surface area (Å²) in [6.45, 7) is 3.55. The zero-order chi connectivity index (χ0) is 18.3. The van der Waals surface area contributed by atoms with Crippen molar-refractivity contribution >= 4 is 12.2 Å². The summed E-state index contributed by atoms with van der Waals surface area (Å²) < 4.78 is 0. The molecule has 3 nitrogen and oxygen atoms in total. The van der Waals surface area contributed by atoms with Crippen molar-refractivity contribution in [3.05, 3.63) is 64.7 Å². The zero-order valence-electron chi connectivity index (χ0n) is 15.1. The van der Waals surface area contributed by atoms with Gasteiger partial charge in [0.15, 0.2) is 0 Å². The molecule has 2 rings (SSSR count). The summed E-state index contributed by atoms with van der Waals surface area (Å²) in [7, 11) is 0. The number of aliphatic hydroxyl groups is 2. The van der Waals surface area contributed by atoms with E-state index in [9.17, 15) is 10.2 Å². The summed E-state index contributed by atoms with van der Waals surface area (Å²) in [6, 6.07) is 13.7. The highest BCUT2D eigenvalue weighted by molar-refractivity contribution is 5.70. The molecule has 0 aromatic heterocycles. The second-order valence-electron chi connectivity index (χ2n) is 7.14. The van der Waals surface area contributed by atoms with Gasteiger partial charge in [-0.3, -0.25) is 0 Å². The molecular formula is C22H28O3. The van der Waals surface area contributed by atoms with E-state index >= 15 is 0 Å². The summed E-state index contributed by atoms with van der Waals surface area (Å²) in [5, 5.41) is 28.6. The Morgan fingerprint density at radius 3 is 2.16 bits per heavy atom. The highest BCUT2D eigenvalue weighted by Crippen LogP contribution is 2.20. The Labute approximate surface area is 150 Å². The van der Waals surface area contributed by atoms with E-state index in [0.717, 1.165) is 36.8 Å². The molecule has 134 valence electrons. The Morgan fingerprint density at radius 1 is 0.920 bits per heavy atom. The fourth-order valence-corrected chi connectivity index (χ4v) is 2.69. The third-order valence-electron chi connectivity index (χ3n) is 4.23. The van der Waals surface area contributed by atoms with Crippen LogP contribution in [0, 0.1) is 0 Å². The largest absolute Gasteiger partial charge is 0.508 e. The lowest BCUT2D eigenvalue weighted by Gasteiger charge is -2.16. The van der Waals surface area contributed by atoms with Crippen LogP contribution in [0.2, 0.25) is 0 Å². The Bertz CT molecular complexity index is 694. The number of aromatic hydroxyl groups is 1. The van der Waals surface area contributed by atoms with Gasteiger partial charge in [-0.25, -0.2) is 0 Å². The number of hydrogen-bond acceptors (Lipinski definition) is 3. The Hall–Kier alpha value is -2.10. The molecule has 0 unspecified atom stereocenters. The molecule has 0 saturated heterocycles. The van der Waals surface area contributed by atoms with Gasteiger partial charge in [0.25, 0.3) is 0 Å². The van der Waals surface area contributed by atoms with E-state index < -0.39 is 5.60 Å². The minimum Gasteiger partial charge on any atom is -0.508 e. The topological polar surface area (TPSA) is 60.7 Å². The molecule has 0 atom stereocenters. The van der Waals surface area contributed by atoms with Crippen LogP contribution < -0.4 is 0 Å². The molecule has 0 fully saturated rings. The Morgan fingerprint density at radius 2 is 1.56 bits per heavy atom. The van der Waals surface area contributed by atoms with E-state index in [4.69, 9.17) is 5.11 Å². The second-order valence-corrected chi connectivity index (χ2v) is 7.14. The van der Waals surface area contributed by atoms with Crippen LogP contribution in [0.4, 0.5) is 0 Å². The van der Waals surface area contributed by atoms with E-state index in [1.54, 1.807) is 12.1 Å². The standard InChI is InChI=1S/C22H28O3/c1-22(2,25)14-4-3-5-17-6-8-18(9-7-17)10-11-19-12-13-20(16-23)21(24)15-19/h6-13,15,23-25H,3-5,14,16H2,1-2H3/b11-10+. The number of hydrogen-bond donors (Lipinski definition) is 3. The molecule has 0 spiro atoms. The average molecular weight is 340 g/mol. The SMILES string of the molecule is CC(C)(O)CCCCc1ccc(/C=C/c2ccc(CO)c(O)c2)cc1. The van der Waals surface area contributed by atoms with Gasteiger partial charge in [-0.2, -0.15) is 0 Å². The number of aliphatic hydroxyl groups excluding tert-OH is 1. The lowest BCUT2D eigenvalue weighted by atomic mass is 9.98. The van der Waals surface area contributed by atoms with Gasteiger partial charge in [0, 0.05) is 5.56 Å². The highest BCUT2D eigenvalue weighted by Gasteiger charge is 2.10. The maximum Gasteiger partial charge on any atom is 0.121 e. The number of aryl methyl sites for hydroxylation is 1. The molecule has 0 radical (unpaired) electrons. The fraction of sp³-hybridized carbons (Fsp3) is 0.364. The second kappa shape index (κ2) is 8.84. The van der Waals surface area contributed by atoms with Crippen molar-refractivity contribution in [3.63, 3.8) is 0 Å². The molecule has 0 amide bonds. The Kier molecular flexibility index (Phi) is 6.80. The quantitative estimate of drug-likeness (QED) is 0.488. The van der Waals surface area contributed by atoms with Gasteiger partial charge in [-0.15, -0.1) is 0 Å². The van der Waals surface area contributed by atoms with Gasteiger partial charge in [-0.1, -0.05) is 55.0 Å². The highest BCUT2D eigenvalue weighted by atomic mass is 16.3. The smallest absolute Gasteiger partial charge is 0.121 e. The van der Waals surface area contributed by atoms with Gasteiger partial charge in [0.05, 0.1) is 12.2 Å². The molecule has 2 aromatic carbocycles. The fourth-order valence-electron chi connectivity index (χ4n) is 2.69. The van der Waals surface area contributed by atoms with Crippen LogP contribution in [0.3, 0.4) is 0 Å². The summed E-state index contributed by atoms with van der Waals surface area (Å²) in [4.78, 5) is 0. The van der Waals surface area contributed by atoms with Crippen LogP contribution >= 0.6 is 0 Å². The first kappa shape index (κ1) is 19.2. The maximum absolute atomic E-state index is 9.77. The number of phenols is 1. The van der Waals surface area contributed by atoms with Gasteiger partial charge in [0.2, 0.25) is 0 Å². The molecule has 0 aliphatic carbocycles. The van der Waals surface area contributed by atoms with Crippen LogP contribution in [0.5, 0.6) is 5.75 Å². The van der Waals surface area contributed by atoms with Crippen molar-refractivity contribution in [2.24, 2.45) is 0 Å². The molecule has 0 heterocycles. The first-order valence-corrected chi connectivity index (χ1v) is 8.79. The van der Waals surface area contributed by atoms with Crippen molar-refractivity contribution in [1.29, 1.82) is 0 Å². The number of benzene rings is 2. The van der Waals surface area contributed by atoms with E-state index in [2.05, 4.69) is 24.3 Å². The van der Waals surface area contributed by atoms with Crippen LogP contribution in [-0.2, 0) is 13.0 Å². The minimum atomic E-state index is -0.571. The van der Waals surface area contributed by atoms with E-state index in [1.807, 2.05) is 32.1 Å². The summed E-state index contributed by atoms with van der Waals surface area (Å²) in [6.07, 6.45) is 7.91. The average Bonchev–Trinajstić information content (AvgIpc) is 2.57. The van der Waals surface area contributed by atoms with E-state index in [-0.39, 0.29) is 12.4 Å². The van der Waals surface area contributed by atoms with Crippen LogP contribution in [-0.4, -0.2) is 20.9 Å². The molecule has 3 heteroatoms. The van der Waals surface area contributed by atoms with Crippen molar-refractivity contribution < 1.29 is 15.3 Å². The summed E-state index contributed by atoms with van der Waals surface area (Å²) >= 11 is 0. The lowest BCUT2D eigenvalue weighted by molar-refractivity contribution is 0.0682. The molecule has 3 N–H and O–H groups in total. The Balaban J connectivity index is 1.88. The van der Waals surface area contributed by atoms with Gasteiger partial charge in [-0.05, 0) is 55.9 Å². The van der Waals surface area contributed by atoms with Gasteiger partial charge in [0.1, 0.15) is 5.75 Å². The molecule has 0 saturated carbocycles.